The smallest absolute Gasteiger partial charge is 0.407 e. The van der Waals surface area contributed by atoms with Gasteiger partial charge in [-0.1, -0.05) is 0 Å². The van der Waals surface area contributed by atoms with Gasteiger partial charge >= 0.3 is 12.2 Å². The normalized spacial score (nSPS) is 11.6. The van der Waals surface area contributed by atoms with Gasteiger partial charge in [0.2, 0.25) is 0 Å². The molecule has 0 spiro atoms. The van der Waals surface area contributed by atoms with Gasteiger partial charge in [-0.15, -0.1) is 0 Å². The Morgan fingerprint density at radius 3 is 1.78 bits per heavy atom. The van der Waals surface area contributed by atoms with Crippen LogP contribution in [0.1, 0.15) is 66.6 Å². The third kappa shape index (κ3) is 17.0. The lowest BCUT2D eigenvalue weighted by atomic mass is 10.2. The number of aryl methyl sites for hydroxylation is 1. The first-order valence-electron chi connectivity index (χ1n) is 11.1. The van der Waals surface area contributed by atoms with Crippen molar-refractivity contribution in [2.24, 2.45) is 0 Å². The molecular formula is C22H42IN5O4. The van der Waals surface area contributed by atoms with Crippen LogP contribution >= 0.6 is 0 Å². The van der Waals surface area contributed by atoms with Gasteiger partial charge < -0.3 is 49.0 Å². The fourth-order valence-electron chi connectivity index (χ4n) is 2.90. The van der Waals surface area contributed by atoms with Gasteiger partial charge in [0, 0.05) is 13.1 Å². The van der Waals surface area contributed by atoms with Crippen molar-refractivity contribution >= 4 is 12.2 Å². The van der Waals surface area contributed by atoms with Gasteiger partial charge in [-0.25, -0.2) is 19.6 Å². The van der Waals surface area contributed by atoms with E-state index in [1.54, 1.807) is 0 Å². The average Bonchev–Trinajstić information content (AvgIpc) is 3.12. The van der Waals surface area contributed by atoms with E-state index in [4.69, 9.17) is 9.47 Å². The number of imidazole rings is 1. The zero-order chi connectivity index (χ0) is 23.3. The Balaban J connectivity index is 0.00000961. The average molecular weight is 568 g/mol. The predicted molar refractivity (Wildman–Crippen MR) is 120 cm³/mol. The van der Waals surface area contributed by atoms with Crippen molar-refractivity contribution in [2.45, 2.75) is 78.4 Å². The van der Waals surface area contributed by atoms with Gasteiger partial charge in [0.05, 0.1) is 6.42 Å². The van der Waals surface area contributed by atoms with Crippen LogP contribution < -0.4 is 39.6 Å². The van der Waals surface area contributed by atoms with Gasteiger partial charge in [0.1, 0.15) is 23.6 Å². The van der Waals surface area contributed by atoms with Crippen LogP contribution in [0.3, 0.4) is 0 Å². The molecule has 4 N–H and O–H groups in total. The molecule has 9 nitrogen and oxygen atoms in total. The van der Waals surface area contributed by atoms with Crippen LogP contribution in [0.2, 0.25) is 0 Å². The molecule has 0 unspecified atom stereocenters. The van der Waals surface area contributed by atoms with E-state index >= 15 is 0 Å². The Kier molecular flexibility index (Phi) is 14.6. The molecule has 0 bridgehead atoms. The summed E-state index contributed by atoms with van der Waals surface area (Å²) in [5, 5.41) is 5.61. The molecule has 1 heterocycles. The second kappa shape index (κ2) is 15.3. The summed E-state index contributed by atoms with van der Waals surface area (Å²) in [6.45, 7) is 14.9. The van der Waals surface area contributed by atoms with Crippen molar-refractivity contribution in [1.29, 1.82) is 0 Å². The molecule has 0 saturated carbocycles. The highest BCUT2D eigenvalue weighted by Crippen LogP contribution is 2.07. The highest BCUT2D eigenvalue weighted by molar-refractivity contribution is 5.67. The van der Waals surface area contributed by atoms with Crippen LogP contribution in [0.4, 0.5) is 9.59 Å². The molecule has 1 aromatic rings. The van der Waals surface area contributed by atoms with Gasteiger partial charge in [0.15, 0.2) is 0 Å². The van der Waals surface area contributed by atoms with Crippen molar-refractivity contribution in [1.82, 2.24) is 20.5 Å². The minimum absolute atomic E-state index is 0. The van der Waals surface area contributed by atoms with Crippen LogP contribution in [-0.4, -0.2) is 66.0 Å². The topological polar surface area (TPSA) is 110 Å². The van der Waals surface area contributed by atoms with Crippen LogP contribution in [0.15, 0.2) is 12.4 Å². The van der Waals surface area contributed by atoms with Crippen molar-refractivity contribution in [3.63, 3.8) is 0 Å². The first kappa shape index (κ1) is 30.4. The van der Waals surface area contributed by atoms with Gasteiger partial charge in [-0.05, 0) is 80.4 Å². The molecule has 0 aliphatic heterocycles. The Morgan fingerprint density at radius 2 is 1.38 bits per heavy atom. The minimum Gasteiger partial charge on any atom is -1.00 e. The van der Waals surface area contributed by atoms with E-state index in [1.807, 2.05) is 53.9 Å². The number of hydrogen-bond acceptors (Lipinski definition) is 5. The number of ether oxygens (including phenoxy) is 2. The summed E-state index contributed by atoms with van der Waals surface area (Å²) >= 11 is 0. The molecule has 32 heavy (non-hydrogen) atoms. The second-order valence-corrected chi connectivity index (χ2v) is 9.61. The van der Waals surface area contributed by atoms with Crippen LogP contribution in [0, 0.1) is 0 Å². The molecule has 0 fully saturated rings. The number of aromatic amines is 2. The molecule has 0 saturated heterocycles. The maximum absolute atomic E-state index is 11.8. The van der Waals surface area contributed by atoms with E-state index in [0.29, 0.717) is 13.1 Å². The highest BCUT2D eigenvalue weighted by Gasteiger charge is 2.17. The largest absolute Gasteiger partial charge is 1.00 e. The SMILES string of the molecule is CC(C)(C)OC(=O)NCCCN(CCCNC(=O)OC(C)(C)C)CCCc1[nH]cc[nH+]1.[I-]. The summed E-state index contributed by atoms with van der Waals surface area (Å²) in [5.74, 6) is 1.11. The van der Waals surface area contributed by atoms with E-state index in [-0.39, 0.29) is 36.2 Å². The maximum Gasteiger partial charge on any atom is 0.407 e. The molecule has 0 radical (unpaired) electrons. The Bertz CT molecular complexity index is 606. The number of aromatic nitrogens is 2. The lowest BCUT2D eigenvalue weighted by Gasteiger charge is -2.23. The number of carbonyl (C=O) groups excluding carboxylic acids is 2. The van der Waals surface area contributed by atoms with Crippen LogP contribution in [0.5, 0.6) is 0 Å². The van der Waals surface area contributed by atoms with Crippen LogP contribution in [-0.2, 0) is 15.9 Å². The molecule has 2 amide bonds. The van der Waals surface area contributed by atoms with E-state index in [0.717, 1.165) is 51.1 Å². The summed E-state index contributed by atoms with van der Waals surface area (Å²) in [6.07, 6.45) is 6.60. The Hall–Kier alpha value is -1.56. The lowest BCUT2D eigenvalue weighted by Crippen LogP contribution is -3.00. The van der Waals surface area contributed by atoms with E-state index in [2.05, 4.69) is 25.5 Å². The first-order chi connectivity index (χ1) is 14.4. The summed E-state index contributed by atoms with van der Waals surface area (Å²) in [4.78, 5) is 32.3. The minimum atomic E-state index is -0.494. The Labute approximate surface area is 209 Å². The van der Waals surface area contributed by atoms with E-state index in [1.165, 1.54) is 0 Å². The zero-order valence-corrected chi connectivity index (χ0v) is 22.6. The number of nitrogens with one attached hydrogen (secondary N) is 4. The van der Waals surface area contributed by atoms with Gasteiger partial charge in [0.25, 0.3) is 5.82 Å². The number of H-pyrrole nitrogens is 2. The Morgan fingerprint density at radius 1 is 0.906 bits per heavy atom. The first-order valence-corrected chi connectivity index (χ1v) is 11.1. The van der Waals surface area contributed by atoms with E-state index < -0.39 is 11.2 Å². The molecule has 10 heteroatoms. The zero-order valence-electron chi connectivity index (χ0n) is 20.5. The lowest BCUT2D eigenvalue weighted by molar-refractivity contribution is -0.388. The summed E-state index contributed by atoms with van der Waals surface area (Å²) in [7, 11) is 0. The fraction of sp³-hybridized carbons (Fsp3) is 0.773. The summed E-state index contributed by atoms with van der Waals surface area (Å²) in [6, 6.07) is 0. The molecule has 0 aliphatic rings. The number of nitrogens with zero attached hydrogens (tertiary/aromatic N) is 1. The summed E-state index contributed by atoms with van der Waals surface area (Å²) in [5.41, 5.74) is -0.988. The van der Waals surface area contributed by atoms with E-state index in [9.17, 15) is 9.59 Å². The third-order valence-corrected chi connectivity index (χ3v) is 4.14. The number of rotatable bonds is 12. The molecule has 1 rings (SSSR count). The molecule has 0 aliphatic carbocycles. The van der Waals surface area contributed by atoms with Crippen molar-refractivity contribution in [3.8, 4) is 0 Å². The van der Waals surface area contributed by atoms with Crippen molar-refractivity contribution in [2.75, 3.05) is 32.7 Å². The van der Waals surface area contributed by atoms with Crippen molar-refractivity contribution in [3.05, 3.63) is 18.2 Å². The fourth-order valence-corrected chi connectivity index (χ4v) is 2.90. The quantitative estimate of drug-likeness (QED) is 0.242. The summed E-state index contributed by atoms with van der Waals surface area (Å²) < 4.78 is 10.5. The molecule has 1 aromatic heterocycles. The maximum atomic E-state index is 11.8. The highest BCUT2D eigenvalue weighted by atomic mass is 127. The molecule has 186 valence electrons. The van der Waals surface area contributed by atoms with Gasteiger partial charge in [-0.3, -0.25) is 0 Å². The van der Waals surface area contributed by atoms with Crippen molar-refractivity contribution < 1.29 is 48.0 Å². The standard InChI is InChI=1S/C22H41N5O4.HI/c1-21(2,3)30-19(28)25-11-8-16-27(15-7-10-18-23-13-14-24-18)17-9-12-26-20(29)31-22(4,5)6;/h13-14H,7-12,15-17H2,1-6H3,(H,23,24)(H,25,28)(H,26,29);1H. The monoisotopic (exact) mass is 567 g/mol. The molecular weight excluding hydrogens is 525 g/mol. The number of halogens is 1. The molecule has 0 atom stereocenters. The van der Waals surface area contributed by atoms with Gasteiger partial charge in [-0.2, -0.15) is 0 Å². The predicted octanol–water partition coefficient (Wildman–Crippen LogP) is -0.103. The van der Waals surface area contributed by atoms with Crippen LogP contribution in [0.25, 0.3) is 0 Å². The number of amides is 2. The number of hydrogen-bond donors (Lipinski definition) is 3. The number of carbonyl (C=O) groups is 2. The second-order valence-electron chi connectivity index (χ2n) is 9.61. The third-order valence-electron chi connectivity index (χ3n) is 4.14. The molecule has 0 aromatic carbocycles. The number of alkyl carbamates (subject to hydrolysis) is 2.